The van der Waals surface area contributed by atoms with E-state index in [-0.39, 0.29) is 5.41 Å². The van der Waals surface area contributed by atoms with Crippen molar-refractivity contribution in [3.05, 3.63) is 41.3 Å². The Labute approximate surface area is 121 Å². The highest BCUT2D eigenvalue weighted by Gasteiger charge is 2.16. The van der Waals surface area contributed by atoms with Gasteiger partial charge in [0.1, 0.15) is 5.82 Å². The number of hydrogen-bond acceptors (Lipinski definition) is 2. The van der Waals surface area contributed by atoms with Crippen LogP contribution in [0.5, 0.6) is 0 Å². The molecule has 0 bridgehead atoms. The van der Waals surface area contributed by atoms with E-state index in [1.54, 1.807) is 0 Å². The van der Waals surface area contributed by atoms with Crippen LogP contribution in [0.2, 0.25) is 0 Å². The van der Waals surface area contributed by atoms with E-state index < -0.39 is 0 Å². The Balaban J connectivity index is 2.41. The third-order valence-corrected chi connectivity index (χ3v) is 3.57. The summed E-state index contributed by atoms with van der Waals surface area (Å²) in [5.74, 6) is 1.38. The summed E-state index contributed by atoms with van der Waals surface area (Å²) in [5.41, 5.74) is 10.4. The van der Waals surface area contributed by atoms with E-state index in [9.17, 15) is 0 Å². The summed E-state index contributed by atoms with van der Waals surface area (Å²) in [6.07, 6.45) is 0. The Morgan fingerprint density at radius 2 is 1.75 bits per heavy atom. The molecule has 108 valence electrons. The molecule has 0 unspecified atom stereocenters. The van der Waals surface area contributed by atoms with Gasteiger partial charge in [-0.2, -0.15) is 0 Å². The van der Waals surface area contributed by atoms with Crippen molar-refractivity contribution in [2.45, 2.75) is 52.5 Å². The van der Waals surface area contributed by atoms with Gasteiger partial charge in [-0.1, -0.05) is 58.9 Å². The first kappa shape index (κ1) is 14.8. The van der Waals surface area contributed by atoms with E-state index in [0.717, 1.165) is 22.8 Å². The summed E-state index contributed by atoms with van der Waals surface area (Å²) < 4.78 is 0. The van der Waals surface area contributed by atoms with Crippen molar-refractivity contribution in [2.75, 3.05) is 0 Å². The Kier molecular flexibility index (Phi) is 4.00. The zero-order valence-electron chi connectivity index (χ0n) is 13.1. The molecule has 0 aliphatic rings. The lowest BCUT2D eigenvalue weighted by Crippen LogP contribution is -2.10. The maximum absolute atomic E-state index is 5.83. The molecular weight excluding hydrogens is 246 g/mol. The summed E-state index contributed by atoms with van der Waals surface area (Å²) in [6, 6.07) is 8.64. The molecule has 0 radical (unpaired) electrons. The van der Waals surface area contributed by atoms with Crippen LogP contribution in [0.4, 0.5) is 0 Å². The molecule has 2 rings (SSSR count). The zero-order chi connectivity index (χ0) is 14.9. The normalized spacial score (nSPS) is 12.2. The second kappa shape index (κ2) is 5.41. The first-order valence-electron chi connectivity index (χ1n) is 7.22. The molecule has 3 nitrogen and oxygen atoms in total. The molecule has 0 saturated heterocycles. The molecule has 3 heteroatoms. The van der Waals surface area contributed by atoms with E-state index in [1.807, 2.05) is 0 Å². The average molecular weight is 271 g/mol. The lowest BCUT2D eigenvalue weighted by Gasteiger charge is -2.19. The summed E-state index contributed by atoms with van der Waals surface area (Å²) in [7, 11) is 0. The van der Waals surface area contributed by atoms with Crippen molar-refractivity contribution in [1.29, 1.82) is 0 Å². The molecule has 0 spiro atoms. The van der Waals surface area contributed by atoms with Crippen molar-refractivity contribution < 1.29 is 0 Å². The third kappa shape index (κ3) is 2.93. The van der Waals surface area contributed by atoms with Gasteiger partial charge in [0.15, 0.2) is 0 Å². The van der Waals surface area contributed by atoms with E-state index in [4.69, 9.17) is 10.7 Å². The highest BCUT2D eigenvalue weighted by atomic mass is 15.0. The van der Waals surface area contributed by atoms with Crippen LogP contribution in [-0.2, 0) is 12.0 Å². The fourth-order valence-electron chi connectivity index (χ4n) is 2.22. The number of imidazole rings is 1. The molecule has 1 aromatic heterocycles. The molecule has 0 atom stereocenters. The van der Waals surface area contributed by atoms with Crippen LogP contribution in [0.1, 0.15) is 57.6 Å². The molecule has 0 aliphatic carbocycles. The van der Waals surface area contributed by atoms with Crippen molar-refractivity contribution in [2.24, 2.45) is 5.73 Å². The van der Waals surface area contributed by atoms with E-state index in [2.05, 4.69) is 63.9 Å². The van der Waals surface area contributed by atoms with Crippen LogP contribution in [0.15, 0.2) is 24.3 Å². The van der Waals surface area contributed by atoms with Gasteiger partial charge in [-0.3, -0.25) is 0 Å². The fraction of sp³-hybridized carbons (Fsp3) is 0.471. The maximum atomic E-state index is 5.83. The Morgan fingerprint density at radius 1 is 1.15 bits per heavy atom. The number of H-pyrrole nitrogens is 1. The number of aromatic amines is 1. The van der Waals surface area contributed by atoms with Crippen molar-refractivity contribution in [1.82, 2.24) is 9.97 Å². The van der Waals surface area contributed by atoms with Crippen LogP contribution in [0.25, 0.3) is 11.3 Å². The molecule has 0 amide bonds. The van der Waals surface area contributed by atoms with Crippen molar-refractivity contribution in [3.63, 3.8) is 0 Å². The van der Waals surface area contributed by atoms with Gasteiger partial charge in [-0.15, -0.1) is 0 Å². The molecule has 1 heterocycles. The lowest BCUT2D eigenvalue weighted by molar-refractivity contribution is 0.590. The summed E-state index contributed by atoms with van der Waals surface area (Å²) in [6.45, 7) is 11.4. The van der Waals surface area contributed by atoms with Crippen LogP contribution < -0.4 is 5.73 Å². The average Bonchev–Trinajstić information content (AvgIpc) is 2.82. The molecule has 3 N–H and O–H groups in total. The van der Waals surface area contributed by atoms with Crippen LogP contribution in [0, 0.1) is 0 Å². The number of rotatable bonds is 3. The monoisotopic (exact) mass is 271 g/mol. The van der Waals surface area contributed by atoms with Gasteiger partial charge in [-0.05, 0) is 11.0 Å². The molecule has 0 fully saturated rings. The number of nitrogens with zero attached hydrogens (tertiary/aromatic N) is 1. The summed E-state index contributed by atoms with van der Waals surface area (Å²) >= 11 is 0. The molecule has 0 saturated carbocycles. The van der Waals surface area contributed by atoms with Gasteiger partial charge < -0.3 is 10.7 Å². The first-order valence-corrected chi connectivity index (χ1v) is 7.22. The number of benzene rings is 1. The van der Waals surface area contributed by atoms with Gasteiger partial charge in [0.25, 0.3) is 0 Å². The van der Waals surface area contributed by atoms with Gasteiger partial charge in [0.2, 0.25) is 0 Å². The number of nitrogens with one attached hydrogen (secondary N) is 1. The number of nitrogens with two attached hydrogens (primary N) is 1. The smallest absolute Gasteiger partial charge is 0.109 e. The Bertz CT molecular complexity index is 571. The molecule has 20 heavy (non-hydrogen) atoms. The van der Waals surface area contributed by atoms with Crippen LogP contribution in [0.3, 0.4) is 0 Å². The molecule has 0 aliphatic heterocycles. The van der Waals surface area contributed by atoms with Crippen LogP contribution >= 0.6 is 0 Å². The minimum Gasteiger partial charge on any atom is -0.344 e. The number of hydrogen-bond donors (Lipinski definition) is 2. The molecule has 2 aromatic rings. The van der Waals surface area contributed by atoms with Gasteiger partial charge in [0.05, 0.1) is 11.4 Å². The van der Waals surface area contributed by atoms with Crippen molar-refractivity contribution >= 4 is 0 Å². The van der Waals surface area contributed by atoms with E-state index >= 15 is 0 Å². The molecule has 1 aromatic carbocycles. The maximum Gasteiger partial charge on any atom is 0.109 e. The minimum absolute atomic E-state index is 0.171. The van der Waals surface area contributed by atoms with E-state index in [1.165, 1.54) is 5.56 Å². The third-order valence-electron chi connectivity index (χ3n) is 3.57. The Morgan fingerprint density at radius 3 is 2.20 bits per heavy atom. The quantitative estimate of drug-likeness (QED) is 0.888. The number of aromatic nitrogens is 2. The lowest BCUT2D eigenvalue weighted by atomic mass is 9.86. The highest BCUT2D eigenvalue weighted by Crippen LogP contribution is 2.28. The summed E-state index contributed by atoms with van der Waals surface area (Å²) in [4.78, 5) is 8.05. The predicted molar refractivity (Wildman–Crippen MR) is 84.7 cm³/mol. The largest absolute Gasteiger partial charge is 0.344 e. The Hall–Kier alpha value is -1.61. The second-order valence-corrected chi connectivity index (χ2v) is 6.64. The predicted octanol–water partition coefficient (Wildman–Crippen LogP) is 3.96. The topological polar surface area (TPSA) is 54.7 Å². The van der Waals surface area contributed by atoms with Crippen LogP contribution in [-0.4, -0.2) is 9.97 Å². The van der Waals surface area contributed by atoms with E-state index in [0.29, 0.717) is 12.5 Å². The zero-order valence-corrected chi connectivity index (χ0v) is 13.1. The van der Waals surface area contributed by atoms with Gasteiger partial charge >= 0.3 is 0 Å². The minimum atomic E-state index is 0.171. The van der Waals surface area contributed by atoms with Gasteiger partial charge in [0, 0.05) is 18.0 Å². The first-order chi connectivity index (χ1) is 9.32. The van der Waals surface area contributed by atoms with Crippen molar-refractivity contribution in [3.8, 4) is 11.3 Å². The van der Waals surface area contributed by atoms with Gasteiger partial charge in [-0.25, -0.2) is 4.98 Å². The highest BCUT2D eigenvalue weighted by molar-refractivity contribution is 5.63. The summed E-state index contributed by atoms with van der Waals surface area (Å²) in [5, 5.41) is 0. The fourth-order valence-corrected chi connectivity index (χ4v) is 2.22. The SMILES string of the molecule is CC(C)c1nc(-c2ccc(C(C)(C)C)cc2)c(CN)[nH]1. The standard InChI is InChI=1S/C17H25N3/c1-11(2)16-19-14(10-18)15(20-16)12-6-8-13(9-7-12)17(3,4)5/h6-9,11H,10,18H2,1-5H3,(H,19,20). The second-order valence-electron chi connectivity index (χ2n) is 6.64. The molecular formula is C17H25N3.